The van der Waals surface area contributed by atoms with Crippen LogP contribution in [0.2, 0.25) is 5.02 Å². The van der Waals surface area contributed by atoms with Crippen LogP contribution in [0.1, 0.15) is 16.7 Å². The van der Waals surface area contributed by atoms with Gasteiger partial charge < -0.3 is 15.1 Å². The number of quaternary nitrogens is 1. The van der Waals surface area contributed by atoms with Crippen molar-refractivity contribution in [2.24, 2.45) is 0 Å². The van der Waals surface area contributed by atoms with Crippen LogP contribution in [0.5, 0.6) is 0 Å². The van der Waals surface area contributed by atoms with Gasteiger partial charge in [0.25, 0.3) is 5.91 Å². The lowest BCUT2D eigenvalue weighted by atomic mass is 10.1. The zero-order chi connectivity index (χ0) is 18.7. The molecule has 0 unspecified atom stereocenters. The van der Waals surface area contributed by atoms with Gasteiger partial charge in [0.05, 0.1) is 26.2 Å². The Hall–Kier alpha value is -2.04. The van der Waals surface area contributed by atoms with E-state index in [9.17, 15) is 4.79 Å². The summed E-state index contributed by atoms with van der Waals surface area (Å²) in [6.07, 6.45) is 0. The summed E-state index contributed by atoms with van der Waals surface area (Å²) in [7, 11) is 0. The fraction of sp³-hybridized carbons (Fsp3) is 0.381. The molecule has 5 heteroatoms. The van der Waals surface area contributed by atoms with Gasteiger partial charge in [-0.2, -0.15) is 0 Å². The first-order valence-corrected chi connectivity index (χ1v) is 9.52. The van der Waals surface area contributed by atoms with Gasteiger partial charge in [-0.25, -0.2) is 0 Å². The van der Waals surface area contributed by atoms with Crippen LogP contribution in [-0.4, -0.2) is 38.6 Å². The molecule has 4 nitrogen and oxygen atoms in total. The molecule has 0 aromatic heterocycles. The number of nitrogens with one attached hydrogen (secondary N) is 2. The Bertz CT molecular complexity index is 798. The van der Waals surface area contributed by atoms with Crippen molar-refractivity contribution in [2.75, 3.05) is 42.9 Å². The smallest absolute Gasteiger partial charge is 0.279 e. The van der Waals surface area contributed by atoms with Gasteiger partial charge in [0.2, 0.25) is 0 Å². The first kappa shape index (κ1) is 18.7. The highest BCUT2D eigenvalue weighted by atomic mass is 35.5. The fourth-order valence-electron chi connectivity index (χ4n) is 3.54. The summed E-state index contributed by atoms with van der Waals surface area (Å²) < 4.78 is 0. The van der Waals surface area contributed by atoms with E-state index in [0.29, 0.717) is 6.54 Å². The van der Waals surface area contributed by atoms with Gasteiger partial charge in [-0.15, -0.1) is 0 Å². The van der Waals surface area contributed by atoms with Crippen LogP contribution in [0.3, 0.4) is 0 Å². The van der Waals surface area contributed by atoms with Crippen molar-refractivity contribution in [3.63, 3.8) is 0 Å². The maximum atomic E-state index is 12.4. The lowest BCUT2D eigenvalue weighted by Gasteiger charge is -2.34. The number of piperazine rings is 1. The van der Waals surface area contributed by atoms with Gasteiger partial charge >= 0.3 is 0 Å². The number of carbonyl (C=O) groups is 1. The predicted octanol–water partition coefficient (Wildman–Crippen LogP) is 2.61. The van der Waals surface area contributed by atoms with Crippen molar-refractivity contribution in [3.8, 4) is 0 Å². The zero-order valence-corrected chi connectivity index (χ0v) is 16.5. The Balaban J connectivity index is 1.53. The largest absolute Gasteiger partial charge is 0.360 e. The Morgan fingerprint density at radius 3 is 2.50 bits per heavy atom. The van der Waals surface area contributed by atoms with Crippen LogP contribution in [0.4, 0.5) is 11.4 Å². The van der Waals surface area contributed by atoms with Gasteiger partial charge in [-0.1, -0.05) is 35.4 Å². The van der Waals surface area contributed by atoms with Crippen LogP contribution in [0.25, 0.3) is 0 Å². The predicted molar refractivity (Wildman–Crippen MR) is 109 cm³/mol. The summed E-state index contributed by atoms with van der Waals surface area (Å²) in [5, 5.41) is 3.82. The summed E-state index contributed by atoms with van der Waals surface area (Å²) in [4.78, 5) is 16.1. The molecule has 0 aliphatic carbocycles. The first-order valence-electron chi connectivity index (χ1n) is 9.14. The van der Waals surface area contributed by atoms with Crippen LogP contribution in [0, 0.1) is 20.8 Å². The molecule has 1 saturated heterocycles. The third-order valence-corrected chi connectivity index (χ3v) is 5.28. The van der Waals surface area contributed by atoms with Gasteiger partial charge in [-0.3, -0.25) is 4.79 Å². The number of aryl methyl sites for hydroxylation is 3. The average Bonchev–Trinajstić information content (AvgIpc) is 2.60. The molecule has 26 heavy (non-hydrogen) atoms. The molecule has 1 fully saturated rings. The summed E-state index contributed by atoms with van der Waals surface area (Å²) in [6.45, 7) is 10.5. The summed E-state index contributed by atoms with van der Waals surface area (Å²) in [5.74, 6) is 0.0827. The second-order valence-electron chi connectivity index (χ2n) is 7.21. The Labute approximate surface area is 160 Å². The molecule has 2 aromatic carbocycles. The number of halogens is 1. The number of anilines is 2. The molecule has 0 radical (unpaired) electrons. The van der Waals surface area contributed by atoms with Crippen molar-refractivity contribution in [2.45, 2.75) is 20.8 Å². The molecule has 0 spiro atoms. The average molecular weight is 373 g/mol. The maximum Gasteiger partial charge on any atom is 0.279 e. The van der Waals surface area contributed by atoms with Crippen molar-refractivity contribution in [1.82, 2.24) is 0 Å². The minimum Gasteiger partial charge on any atom is -0.360 e. The lowest BCUT2D eigenvalue weighted by Crippen LogP contribution is -3.15. The van der Waals surface area contributed by atoms with E-state index < -0.39 is 0 Å². The quantitative estimate of drug-likeness (QED) is 0.865. The Kier molecular flexibility index (Phi) is 5.84. The SMILES string of the molecule is Cc1ccc(NC(=O)C[NH+]2CCN(c3cc(Cl)ccc3C)CC2)c(C)c1. The minimum absolute atomic E-state index is 0.0827. The van der Waals surface area contributed by atoms with E-state index in [-0.39, 0.29) is 5.91 Å². The number of amides is 1. The highest BCUT2D eigenvalue weighted by molar-refractivity contribution is 6.30. The first-order chi connectivity index (χ1) is 12.4. The lowest BCUT2D eigenvalue weighted by molar-refractivity contribution is -0.892. The molecular weight excluding hydrogens is 346 g/mol. The standard InChI is InChI=1S/C21H26ClN3O/c1-15-4-7-19(17(3)12-15)23-21(26)14-24-8-10-25(11-9-24)20-13-18(22)6-5-16(20)2/h4-7,12-13H,8-11,14H2,1-3H3,(H,23,26)/p+1. The third-order valence-electron chi connectivity index (χ3n) is 5.05. The number of carbonyl (C=O) groups excluding carboxylic acids is 1. The maximum absolute atomic E-state index is 12.4. The van der Waals surface area contributed by atoms with E-state index >= 15 is 0 Å². The summed E-state index contributed by atoms with van der Waals surface area (Å²) in [6, 6.07) is 12.1. The van der Waals surface area contributed by atoms with Crippen molar-refractivity contribution in [1.29, 1.82) is 0 Å². The molecule has 0 bridgehead atoms. The molecule has 138 valence electrons. The van der Waals surface area contributed by atoms with Crippen molar-refractivity contribution in [3.05, 3.63) is 58.1 Å². The molecule has 0 saturated carbocycles. The van der Waals surface area contributed by atoms with Gasteiger partial charge in [-0.05, 0) is 50.1 Å². The monoisotopic (exact) mass is 372 g/mol. The van der Waals surface area contributed by atoms with E-state index in [1.54, 1.807) is 0 Å². The summed E-state index contributed by atoms with van der Waals surface area (Å²) in [5.41, 5.74) is 5.67. The van der Waals surface area contributed by atoms with Crippen LogP contribution < -0.4 is 15.1 Å². The second-order valence-corrected chi connectivity index (χ2v) is 7.65. The van der Waals surface area contributed by atoms with E-state index in [4.69, 9.17) is 11.6 Å². The third kappa shape index (κ3) is 4.57. The van der Waals surface area contributed by atoms with Gasteiger partial charge in [0, 0.05) is 16.4 Å². The molecule has 1 amide bonds. The highest BCUT2D eigenvalue weighted by Gasteiger charge is 2.23. The van der Waals surface area contributed by atoms with E-state index in [1.165, 1.54) is 21.7 Å². The van der Waals surface area contributed by atoms with E-state index in [1.807, 2.05) is 31.2 Å². The Morgan fingerprint density at radius 2 is 1.81 bits per heavy atom. The fourth-order valence-corrected chi connectivity index (χ4v) is 3.71. The van der Waals surface area contributed by atoms with E-state index in [2.05, 4.69) is 36.2 Å². The molecule has 1 aliphatic rings. The number of hydrogen-bond donors (Lipinski definition) is 2. The molecule has 0 atom stereocenters. The van der Waals surface area contributed by atoms with Gasteiger partial charge in [0.15, 0.2) is 6.54 Å². The molecule has 1 aliphatic heterocycles. The number of hydrogen-bond acceptors (Lipinski definition) is 2. The van der Waals surface area contributed by atoms with Crippen LogP contribution in [-0.2, 0) is 4.79 Å². The van der Waals surface area contributed by atoms with Gasteiger partial charge in [0.1, 0.15) is 0 Å². The van der Waals surface area contributed by atoms with Crippen LogP contribution >= 0.6 is 11.6 Å². The normalized spacial score (nSPS) is 15.2. The molecule has 2 aromatic rings. The molecule has 2 N–H and O–H groups in total. The van der Waals surface area contributed by atoms with Crippen molar-refractivity contribution < 1.29 is 9.69 Å². The topological polar surface area (TPSA) is 36.8 Å². The van der Waals surface area contributed by atoms with Crippen molar-refractivity contribution >= 4 is 28.9 Å². The Morgan fingerprint density at radius 1 is 1.08 bits per heavy atom. The second kappa shape index (κ2) is 8.11. The number of benzene rings is 2. The summed E-state index contributed by atoms with van der Waals surface area (Å²) >= 11 is 6.15. The number of nitrogens with zero attached hydrogens (tertiary/aromatic N) is 1. The van der Waals surface area contributed by atoms with E-state index in [0.717, 1.165) is 42.5 Å². The minimum atomic E-state index is 0.0827. The molecule has 1 heterocycles. The molecule has 3 rings (SSSR count). The number of rotatable bonds is 4. The zero-order valence-electron chi connectivity index (χ0n) is 15.7. The molecular formula is C21H27ClN3O+. The highest BCUT2D eigenvalue weighted by Crippen LogP contribution is 2.24. The van der Waals surface area contributed by atoms with Crippen LogP contribution in [0.15, 0.2) is 36.4 Å².